The number of aromatic hydroxyl groups is 1. The molecule has 0 spiro atoms. The zero-order valence-corrected chi connectivity index (χ0v) is 22.8. The molecule has 3 amide bonds. The van der Waals surface area contributed by atoms with Crippen molar-refractivity contribution in [3.05, 3.63) is 59.2 Å². The van der Waals surface area contributed by atoms with Gasteiger partial charge in [0.2, 0.25) is 5.91 Å². The van der Waals surface area contributed by atoms with E-state index in [-0.39, 0.29) is 29.5 Å². The predicted molar refractivity (Wildman–Crippen MR) is 143 cm³/mol. The largest absolute Gasteiger partial charge is 0.508 e. The van der Waals surface area contributed by atoms with Crippen molar-refractivity contribution in [2.24, 2.45) is 5.92 Å². The molecule has 8 nitrogen and oxygen atoms in total. The van der Waals surface area contributed by atoms with Crippen LogP contribution in [0.2, 0.25) is 0 Å². The maximum atomic E-state index is 14.1. The Morgan fingerprint density at radius 3 is 2.05 bits per heavy atom. The van der Waals surface area contributed by atoms with Crippen LogP contribution in [0, 0.1) is 19.8 Å². The number of benzene rings is 2. The van der Waals surface area contributed by atoms with Gasteiger partial charge in [-0.2, -0.15) is 0 Å². The normalized spacial score (nSPS) is 15.0. The average Bonchev–Trinajstić information content (AvgIpc) is 3.62. The van der Waals surface area contributed by atoms with E-state index in [2.05, 4.69) is 10.6 Å². The second kappa shape index (κ2) is 11.2. The summed E-state index contributed by atoms with van der Waals surface area (Å²) in [5, 5.41) is 15.6. The highest BCUT2D eigenvalue weighted by molar-refractivity contribution is 6.00. The summed E-state index contributed by atoms with van der Waals surface area (Å²) in [5.41, 5.74) is 2.38. The summed E-state index contributed by atoms with van der Waals surface area (Å²) in [6.45, 7) is 12.8. The predicted octanol–water partition coefficient (Wildman–Crippen LogP) is 5.23. The number of rotatable bonds is 8. The van der Waals surface area contributed by atoms with E-state index in [1.54, 1.807) is 37.8 Å². The minimum atomic E-state index is -0.957. The van der Waals surface area contributed by atoms with Crippen LogP contribution in [-0.4, -0.2) is 45.6 Å². The van der Waals surface area contributed by atoms with Crippen LogP contribution in [0.4, 0.5) is 10.5 Å². The molecule has 0 heterocycles. The lowest BCUT2D eigenvalue weighted by atomic mass is 9.98. The Kier molecular flexibility index (Phi) is 8.51. The smallest absolute Gasteiger partial charge is 0.408 e. The van der Waals surface area contributed by atoms with E-state index in [4.69, 9.17) is 4.74 Å². The fraction of sp³-hybridized carbons (Fsp3) is 0.483. The monoisotopic (exact) mass is 509 g/mol. The van der Waals surface area contributed by atoms with Crippen LogP contribution in [0.3, 0.4) is 0 Å². The number of para-hydroxylation sites is 1. The molecular formula is C29H39N3O5. The number of carbonyl (C=O) groups excluding carboxylic acids is 3. The molecule has 0 aromatic heterocycles. The zero-order chi connectivity index (χ0) is 27.5. The molecule has 1 saturated carbocycles. The molecule has 2 unspecified atom stereocenters. The van der Waals surface area contributed by atoms with Gasteiger partial charge in [0, 0.05) is 11.7 Å². The lowest BCUT2D eigenvalue weighted by molar-refractivity contribution is -0.142. The third-order valence-corrected chi connectivity index (χ3v) is 6.26. The topological polar surface area (TPSA) is 108 Å². The molecule has 2 aromatic carbocycles. The molecule has 3 N–H and O–H groups in total. The number of nitrogens with zero attached hydrogens (tertiary/aromatic N) is 1. The van der Waals surface area contributed by atoms with Gasteiger partial charge >= 0.3 is 6.09 Å². The fourth-order valence-electron chi connectivity index (χ4n) is 4.28. The Balaban J connectivity index is 2.00. The highest BCUT2D eigenvalue weighted by Gasteiger charge is 2.44. The first-order chi connectivity index (χ1) is 17.3. The molecule has 3 rings (SSSR count). The van der Waals surface area contributed by atoms with E-state index in [1.165, 1.54) is 12.1 Å². The average molecular weight is 510 g/mol. The molecule has 0 aliphatic heterocycles. The number of phenols is 1. The molecule has 2 aromatic rings. The summed E-state index contributed by atoms with van der Waals surface area (Å²) in [5.74, 6) is -0.891. The van der Waals surface area contributed by atoms with Gasteiger partial charge in [0.1, 0.15) is 23.4 Å². The number of anilines is 1. The summed E-state index contributed by atoms with van der Waals surface area (Å²) < 4.78 is 5.41. The third kappa shape index (κ3) is 7.24. The number of phenolic OH excluding ortho intramolecular Hbond substituents is 1. The van der Waals surface area contributed by atoms with E-state index >= 15 is 0 Å². The Hall–Kier alpha value is -3.55. The number of aryl methyl sites for hydroxylation is 2. The number of hydrogen-bond acceptors (Lipinski definition) is 5. The number of alkyl carbamates (subject to hydrolysis) is 1. The van der Waals surface area contributed by atoms with Gasteiger partial charge in [-0.15, -0.1) is 0 Å². The van der Waals surface area contributed by atoms with Crippen molar-refractivity contribution in [3.63, 3.8) is 0 Å². The summed E-state index contributed by atoms with van der Waals surface area (Å²) in [4.78, 5) is 42.2. The van der Waals surface area contributed by atoms with Gasteiger partial charge in [0.15, 0.2) is 0 Å². The SMILES string of the molecule is Cc1cccc(C)c1NC(=O)C(c1ccc(O)cc1)N(C(=O)C(NC(=O)OC(C)(C)C)C(C)C)C1CC1. The van der Waals surface area contributed by atoms with Crippen molar-refractivity contribution in [2.75, 3.05) is 5.32 Å². The first-order valence-electron chi connectivity index (χ1n) is 12.8. The second-order valence-electron chi connectivity index (χ2n) is 11.1. The number of nitrogens with one attached hydrogen (secondary N) is 2. The van der Waals surface area contributed by atoms with Crippen molar-refractivity contribution < 1.29 is 24.2 Å². The molecule has 2 atom stereocenters. The number of amides is 3. The van der Waals surface area contributed by atoms with E-state index in [0.717, 1.165) is 24.0 Å². The van der Waals surface area contributed by atoms with Gasteiger partial charge in [0.25, 0.3) is 5.91 Å². The van der Waals surface area contributed by atoms with Gasteiger partial charge in [-0.3, -0.25) is 9.59 Å². The molecule has 0 saturated heterocycles. The summed E-state index contributed by atoms with van der Waals surface area (Å²) in [6.07, 6.45) is 0.833. The van der Waals surface area contributed by atoms with Gasteiger partial charge in [-0.25, -0.2) is 4.79 Å². The number of ether oxygens (including phenoxy) is 1. The third-order valence-electron chi connectivity index (χ3n) is 6.26. The van der Waals surface area contributed by atoms with Crippen molar-refractivity contribution in [1.82, 2.24) is 10.2 Å². The van der Waals surface area contributed by atoms with Gasteiger partial charge < -0.3 is 25.4 Å². The number of carbonyl (C=O) groups is 3. The summed E-state index contributed by atoms with van der Waals surface area (Å²) in [7, 11) is 0. The maximum Gasteiger partial charge on any atom is 0.408 e. The molecule has 37 heavy (non-hydrogen) atoms. The van der Waals surface area contributed by atoms with E-state index in [1.807, 2.05) is 45.9 Å². The van der Waals surface area contributed by atoms with Crippen molar-refractivity contribution >= 4 is 23.6 Å². The highest BCUT2D eigenvalue weighted by Crippen LogP contribution is 2.37. The van der Waals surface area contributed by atoms with Crippen LogP contribution in [-0.2, 0) is 14.3 Å². The Bertz CT molecular complexity index is 1110. The Morgan fingerprint density at radius 1 is 1.00 bits per heavy atom. The molecule has 0 radical (unpaired) electrons. The molecule has 1 aliphatic carbocycles. The minimum Gasteiger partial charge on any atom is -0.508 e. The van der Waals surface area contributed by atoms with Crippen LogP contribution in [0.1, 0.15) is 70.2 Å². The minimum absolute atomic E-state index is 0.0635. The van der Waals surface area contributed by atoms with Crippen LogP contribution in [0.15, 0.2) is 42.5 Å². The van der Waals surface area contributed by atoms with E-state index in [9.17, 15) is 19.5 Å². The second-order valence-corrected chi connectivity index (χ2v) is 11.1. The molecule has 1 fully saturated rings. The van der Waals surface area contributed by atoms with Gasteiger partial charge in [-0.05, 0) is 82.2 Å². The van der Waals surface area contributed by atoms with E-state index < -0.39 is 23.8 Å². The number of hydrogen-bond donors (Lipinski definition) is 3. The quantitative estimate of drug-likeness (QED) is 0.452. The van der Waals surface area contributed by atoms with Gasteiger partial charge in [-0.1, -0.05) is 44.2 Å². The lowest BCUT2D eigenvalue weighted by Gasteiger charge is -2.36. The van der Waals surface area contributed by atoms with Crippen LogP contribution in [0.25, 0.3) is 0 Å². The van der Waals surface area contributed by atoms with Crippen LogP contribution < -0.4 is 10.6 Å². The fourth-order valence-corrected chi connectivity index (χ4v) is 4.28. The summed E-state index contributed by atoms with van der Waals surface area (Å²) in [6, 6.07) is 10.1. The Labute approximate surface area is 219 Å². The Morgan fingerprint density at radius 2 is 1.57 bits per heavy atom. The van der Waals surface area contributed by atoms with Crippen LogP contribution in [0.5, 0.6) is 5.75 Å². The molecule has 1 aliphatic rings. The van der Waals surface area contributed by atoms with Crippen molar-refractivity contribution in [2.45, 2.75) is 85.0 Å². The lowest BCUT2D eigenvalue weighted by Crippen LogP contribution is -2.55. The summed E-state index contributed by atoms with van der Waals surface area (Å²) >= 11 is 0. The molecule has 8 heteroatoms. The maximum absolute atomic E-state index is 14.1. The highest BCUT2D eigenvalue weighted by atomic mass is 16.6. The first kappa shape index (κ1) is 28.0. The first-order valence-corrected chi connectivity index (χ1v) is 12.8. The van der Waals surface area contributed by atoms with Crippen LogP contribution >= 0.6 is 0 Å². The van der Waals surface area contributed by atoms with E-state index in [0.29, 0.717) is 11.3 Å². The molecule has 0 bridgehead atoms. The standard InChI is InChI=1S/C29H39N3O5/c1-17(2)23(31-28(36)37-29(5,6)7)27(35)32(21-13-14-21)25(20-11-15-22(33)16-12-20)26(34)30-24-18(3)9-8-10-19(24)4/h8-12,15-17,21,23,25,33H,13-14H2,1-7H3,(H,30,34)(H,31,36). The van der Waals surface area contributed by atoms with Gasteiger partial charge in [0.05, 0.1) is 0 Å². The molecular weight excluding hydrogens is 470 g/mol. The van der Waals surface area contributed by atoms with Crippen molar-refractivity contribution in [1.29, 1.82) is 0 Å². The van der Waals surface area contributed by atoms with Crippen molar-refractivity contribution in [3.8, 4) is 5.75 Å². The zero-order valence-electron chi connectivity index (χ0n) is 22.8. The molecule has 200 valence electrons.